The standard InChI is InChI=1S/C26H29FN6O2/c1-26(2,34)24-13-18(9-11-29-24)33-25-14-19(10-12-30-25)35-23(16-31-17-7-8-17)21(28)15-32-22-6-4-3-5-20(22)27/h3-6,9-14,16-17,32,34H,7-8,15,28H2,1-2H3,(H,29,30,33). The summed E-state index contributed by atoms with van der Waals surface area (Å²) < 4.78 is 20.0. The quantitative estimate of drug-likeness (QED) is 0.252. The number of nitrogens with one attached hydrogen (secondary N) is 2. The Morgan fingerprint density at radius 1 is 1.20 bits per heavy atom. The first-order valence-corrected chi connectivity index (χ1v) is 11.4. The van der Waals surface area contributed by atoms with Gasteiger partial charge in [-0.05, 0) is 57.0 Å². The number of aliphatic imine (C=N–C) groups is 1. The van der Waals surface area contributed by atoms with E-state index in [1.165, 1.54) is 6.07 Å². The number of ether oxygens (including phenoxy) is 1. The summed E-state index contributed by atoms with van der Waals surface area (Å²) in [6.07, 6.45) is 6.94. The fourth-order valence-electron chi connectivity index (χ4n) is 3.11. The average molecular weight is 477 g/mol. The van der Waals surface area contributed by atoms with Crippen LogP contribution in [-0.2, 0) is 5.60 Å². The lowest BCUT2D eigenvalue weighted by Gasteiger charge is -2.17. The number of nitrogens with two attached hydrogens (primary N) is 1. The van der Waals surface area contributed by atoms with E-state index in [1.807, 2.05) is 0 Å². The highest BCUT2D eigenvalue weighted by molar-refractivity contribution is 5.78. The van der Waals surface area contributed by atoms with Crippen LogP contribution in [0.1, 0.15) is 32.4 Å². The van der Waals surface area contributed by atoms with Gasteiger partial charge in [0.2, 0.25) is 0 Å². The highest BCUT2D eigenvalue weighted by Gasteiger charge is 2.20. The minimum absolute atomic E-state index is 0.180. The number of pyridine rings is 2. The van der Waals surface area contributed by atoms with E-state index in [9.17, 15) is 9.50 Å². The van der Waals surface area contributed by atoms with Crippen molar-refractivity contribution in [3.63, 3.8) is 0 Å². The zero-order valence-electron chi connectivity index (χ0n) is 19.7. The van der Waals surface area contributed by atoms with Crippen LogP contribution >= 0.6 is 0 Å². The van der Waals surface area contributed by atoms with Crippen molar-refractivity contribution in [3.8, 4) is 5.75 Å². The Hall–Kier alpha value is -3.98. The number of hydrogen-bond acceptors (Lipinski definition) is 8. The molecule has 182 valence electrons. The predicted octanol–water partition coefficient (Wildman–Crippen LogP) is 4.48. The molecule has 0 bridgehead atoms. The Balaban J connectivity index is 1.51. The molecule has 2 aromatic heterocycles. The van der Waals surface area contributed by atoms with Gasteiger partial charge in [0.05, 0.1) is 35.9 Å². The molecule has 0 atom stereocenters. The first-order chi connectivity index (χ1) is 16.8. The van der Waals surface area contributed by atoms with Gasteiger partial charge in [0.25, 0.3) is 0 Å². The molecule has 0 saturated heterocycles. The summed E-state index contributed by atoms with van der Waals surface area (Å²) in [5, 5.41) is 16.4. The van der Waals surface area contributed by atoms with Crippen LogP contribution in [0.2, 0.25) is 0 Å². The van der Waals surface area contributed by atoms with Gasteiger partial charge in [0.15, 0.2) is 5.76 Å². The summed E-state index contributed by atoms with van der Waals surface area (Å²) in [6, 6.07) is 13.7. The SMILES string of the molecule is CC(C)(O)c1cc(Nc2cc(OC(C=NC3CC3)=C(N)CNc3ccccc3F)ccn2)ccn1. The number of aliphatic hydroxyl groups is 1. The summed E-state index contributed by atoms with van der Waals surface area (Å²) in [7, 11) is 0. The summed E-state index contributed by atoms with van der Waals surface area (Å²) in [6.45, 7) is 3.53. The molecule has 8 nitrogen and oxygen atoms in total. The van der Waals surface area contributed by atoms with E-state index >= 15 is 0 Å². The maximum atomic E-state index is 14.0. The maximum Gasteiger partial charge on any atom is 0.165 e. The Bertz CT molecular complexity index is 1230. The molecule has 1 fully saturated rings. The molecule has 1 aliphatic rings. The number of anilines is 3. The number of rotatable bonds is 10. The fourth-order valence-corrected chi connectivity index (χ4v) is 3.11. The molecular formula is C26H29FN6O2. The number of allylic oxidation sites excluding steroid dienone is 1. The second-order valence-electron chi connectivity index (χ2n) is 8.82. The van der Waals surface area contributed by atoms with Crippen molar-refractivity contribution in [2.45, 2.75) is 38.3 Å². The van der Waals surface area contributed by atoms with E-state index in [-0.39, 0.29) is 18.4 Å². The fraction of sp³-hybridized carbons (Fsp3) is 0.269. The van der Waals surface area contributed by atoms with E-state index in [2.05, 4.69) is 25.6 Å². The molecule has 1 aromatic carbocycles. The number of benzene rings is 1. The smallest absolute Gasteiger partial charge is 0.165 e. The van der Waals surface area contributed by atoms with Gasteiger partial charge in [-0.15, -0.1) is 0 Å². The van der Waals surface area contributed by atoms with Gasteiger partial charge in [-0.3, -0.25) is 9.98 Å². The zero-order valence-corrected chi connectivity index (χ0v) is 19.7. The van der Waals surface area contributed by atoms with Crippen molar-refractivity contribution in [2.75, 3.05) is 17.2 Å². The highest BCUT2D eigenvalue weighted by atomic mass is 19.1. The summed E-state index contributed by atoms with van der Waals surface area (Å²) in [5.41, 5.74) is 7.23. The second-order valence-corrected chi connectivity index (χ2v) is 8.82. The predicted molar refractivity (Wildman–Crippen MR) is 135 cm³/mol. The summed E-state index contributed by atoms with van der Waals surface area (Å²) in [4.78, 5) is 13.1. The van der Waals surface area contributed by atoms with Gasteiger partial charge in [-0.25, -0.2) is 9.37 Å². The Labute approximate surface area is 203 Å². The van der Waals surface area contributed by atoms with Crippen molar-refractivity contribution in [3.05, 3.63) is 83.9 Å². The third kappa shape index (κ3) is 7.00. The van der Waals surface area contributed by atoms with E-state index in [0.717, 1.165) is 18.5 Å². The van der Waals surface area contributed by atoms with Crippen LogP contribution in [0, 0.1) is 5.82 Å². The number of nitrogens with zero attached hydrogens (tertiary/aromatic N) is 3. The third-order valence-corrected chi connectivity index (χ3v) is 5.23. The molecule has 0 spiro atoms. The lowest BCUT2D eigenvalue weighted by Crippen LogP contribution is -2.18. The van der Waals surface area contributed by atoms with Crippen LogP contribution < -0.4 is 21.1 Å². The Morgan fingerprint density at radius 3 is 2.71 bits per heavy atom. The largest absolute Gasteiger partial charge is 0.454 e. The minimum Gasteiger partial charge on any atom is -0.454 e. The molecule has 0 radical (unpaired) electrons. The van der Waals surface area contributed by atoms with E-state index < -0.39 is 5.60 Å². The minimum atomic E-state index is -1.06. The van der Waals surface area contributed by atoms with Crippen molar-refractivity contribution in [2.24, 2.45) is 10.7 Å². The molecule has 5 N–H and O–H groups in total. The Morgan fingerprint density at radius 2 is 1.97 bits per heavy atom. The molecule has 0 aliphatic heterocycles. The van der Waals surface area contributed by atoms with Crippen molar-refractivity contribution in [1.29, 1.82) is 0 Å². The van der Waals surface area contributed by atoms with E-state index in [4.69, 9.17) is 10.5 Å². The zero-order chi connectivity index (χ0) is 24.8. The van der Waals surface area contributed by atoms with Crippen LogP contribution in [0.25, 0.3) is 0 Å². The van der Waals surface area contributed by atoms with Gasteiger partial charge in [0, 0.05) is 24.1 Å². The molecule has 1 saturated carbocycles. The highest BCUT2D eigenvalue weighted by Crippen LogP contribution is 2.26. The van der Waals surface area contributed by atoms with Crippen LogP contribution in [0.15, 0.2) is 77.4 Å². The number of halogens is 1. The third-order valence-electron chi connectivity index (χ3n) is 5.23. The van der Waals surface area contributed by atoms with Gasteiger partial charge >= 0.3 is 0 Å². The summed E-state index contributed by atoms with van der Waals surface area (Å²) >= 11 is 0. The van der Waals surface area contributed by atoms with Gasteiger partial charge in [-0.2, -0.15) is 0 Å². The number of aromatic nitrogens is 2. The lowest BCUT2D eigenvalue weighted by molar-refractivity contribution is 0.0739. The molecule has 35 heavy (non-hydrogen) atoms. The first-order valence-electron chi connectivity index (χ1n) is 11.4. The van der Waals surface area contributed by atoms with Crippen LogP contribution in [0.3, 0.4) is 0 Å². The maximum absolute atomic E-state index is 14.0. The lowest BCUT2D eigenvalue weighted by atomic mass is 10.0. The molecule has 1 aliphatic carbocycles. The van der Waals surface area contributed by atoms with Crippen LogP contribution in [0.4, 0.5) is 21.6 Å². The number of hydrogen-bond donors (Lipinski definition) is 4. The average Bonchev–Trinajstić information content (AvgIpc) is 3.65. The molecule has 2 heterocycles. The molecule has 3 aromatic rings. The van der Waals surface area contributed by atoms with Crippen LogP contribution in [-0.4, -0.2) is 33.9 Å². The van der Waals surface area contributed by atoms with E-state index in [0.29, 0.717) is 34.4 Å². The first kappa shape index (κ1) is 24.2. The van der Waals surface area contributed by atoms with Crippen molar-refractivity contribution >= 4 is 23.4 Å². The molecular weight excluding hydrogens is 447 g/mol. The molecule has 9 heteroatoms. The van der Waals surface area contributed by atoms with Crippen molar-refractivity contribution in [1.82, 2.24) is 9.97 Å². The van der Waals surface area contributed by atoms with Gasteiger partial charge in [-0.1, -0.05) is 12.1 Å². The molecule has 4 rings (SSSR count). The van der Waals surface area contributed by atoms with Gasteiger partial charge in [0.1, 0.15) is 23.0 Å². The van der Waals surface area contributed by atoms with Crippen molar-refractivity contribution < 1.29 is 14.2 Å². The van der Waals surface area contributed by atoms with Gasteiger partial charge < -0.3 is 26.2 Å². The molecule has 0 unspecified atom stereocenters. The molecule has 0 amide bonds. The number of para-hydroxylation sites is 1. The van der Waals surface area contributed by atoms with Crippen LogP contribution in [0.5, 0.6) is 5.75 Å². The second kappa shape index (κ2) is 10.5. The normalized spacial score (nSPS) is 14.5. The monoisotopic (exact) mass is 476 g/mol. The van der Waals surface area contributed by atoms with E-state index in [1.54, 1.807) is 74.9 Å². The topological polar surface area (TPSA) is 118 Å². The Kier molecular flexibility index (Phi) is 7.26. The summed E-state index contributed by atoms with van der Waals surface area (Å²) in [5.74, 6) is 1.07.